The van der Waals surface area contributed by atoms with Crippen LogP contribution < -0.4 is 5.73 Å². The molecule has 2 aromatic carbocycles. The first kappa shape index (κ1) is 17.5. The van der Waals surface area contributed by atoms with Crippen LogP contribution >= 0.6 is 15.9 Å². The molecule has 0 unspecified atom stereocenters. The number of anilines is 1. The van der Waals surface area contributed by atoms with Gasteiger partial charge in [-0.2, -0.15) is 0 Å². The standard InChI is InChI=1S/C15H12BrNO3.Zn/c16-11-6-4-9(5-7-11)15(20)12-3-1-2-10(14(12)17)8-13(18)19;/h1-7H,8,17H2,(H,18,19);. The summed E-state index contributed by atoms with van der Waals surface area (Å²) in [5.41, 5.74) is 7.41. The molecule has 0 amide bonds. The molecule has 0 saturated carbocycles. The number of hydrogen-bond acceptors (Lipinski definition) is 3. The maximum Gasteiger partial charge on any atom is 0.307 e. The number of carboxylic acid groups (broad SMARTS) is 1. The van der Waals surface area contributed by atoms with E-state index in [1.54, 1.807) is 42.5 Å². The Kier molecular flexibility index (Phi) is 6.25. The molecule has 4 nitrogen and oxygen atoms in total. The van der Waals surface area contributed by atoms with Gasteiger partial charge in [0.1, 0.15) is 0 Å². The third-order valence-corrected chi connectivity index (χ3v) is 3.42. The van der Waals surface area contributed by atoms with Crippen molar-refractivity contribution in [3.63, 3.8) is 0 Å². The van der Waals surface area contributed by atoms with Gasteiger partial charge in [0.25, 0.3) is 0 Å². The first-order chi connectivity index (χ1) is 9.49. The molecule has 3 N–H and O–H groups in total. The van der Waals surface area contributed by atoms with E-state index in [4.69, 9.17) is 10.8 Å². The Balaban J connectivity index is 0.00000220. The number of rotatable bonds is 4. The van der Waals surface area contributed by atoms with Crippen molar-refractivity contribution in [1.82, 2.24) is 0 Å². The molecule has 21 heavy (non-hydrogen) atoms. The van der Waals surface area contributed by atoms with E-state index in [2.05, 4.69) is 15.9 Å². The van der Waals surface area contributed by atoms with Gasteiger partial charge in [0.2, 0.25) is 0 Å². The Labute approximate surface area is 143 Å². The van der Waals surface area contributed by atoms with Crippen molar-refractivity contribution >= 4 is 33.4 Å². The SMILES string of the molecule is Nc1c(CC(=O)O)cccc1C(=O)c1ccc(Br)cc1.[Zn]. The summed E-state index contributed by atoms with van der Waals surface area (Å²) in [6.45, 7) is 0. The van der Waals surface area contributed by atoms with Crippen molar-refractivity contribution in [2.45, 2.75) is 6.42 Å². The zero-order valence-corrected chi connectivity index (χ0v) is 15.7. The number of carbonyl (C=O) groups excluding carboxylic acids is 1. The molecule has 0 saturated heterocycles. The van der Waals surface area contributed by atoms with Crippen LogP contribution in [-0.4, -0.2) is 16.9 Å². The molecular weight excluding hydrogens is 387 g/mol. The number of ketones is 1. The van der Waals surface area contributed by atoms with E-state index in [-0.39, 0.29) is 37.4 Å². The van der Waals surface area contributed by atoms with E-state index in [0.29, 0.717) is 16.7 Å². The summed E-state index contributed by atoms with van der Waals surface area (Å²) in [5.74, 6) is -1.20. The van der Waals surface area contributed by atoms with Crippen molar-refractivity contribution < 1.29 is 34.2 Å². The van der Waals surface area contributed by atoms with Gasteiger partial charge in [-0.1, -0.05) is 28.1 Å². The molecule has 0 fully saturated rings. The number of aliphatic carboxylic acids is 1. The largest absolute Gasteiger partial charge is 0.481 e. The van der Waals surface area contributed by atoms with Crippen molar-refractivity contribution in [2.75, 3.05) is 5.73 Å². The minimum atomic E-state index is -0.982. The van der Waals surface area contributed by atoms with Gasteiger partial charge in [-0.05, 0) is 35.9 Å². The zero-order chi connectivity index (χ0) is 14.7. The molecule has 0 aliphatic rings. The molecule has 6 heteroatoms. The van der Waals surface area contributed by atoms with Gasteiger partial charge in [0, 0.05) is 40.8 Å². The van der Waals surface area contributed by atoms with E-state index in [0.717, 1.165) is 4.47 Å². The van der Waals surface area contributed by atoms with Crippen LogP contribution in [0.2, 0.25) is 0 Å². The van der Waals surface area contributed by atoms with E-state index in [1.165, 1.54) is 0 Å². The summed E-state index contributed by atoms with van der Waals surface area (Å²) >= 11 is 3.30. The normalized spacial score (nSPS) is 9.76. The second-order valence-electron chi connectivity index (χ2n) is 4.28. The number of carbonyl (C=O) groups is 2. The average molecular weight is 400 g/mol. The van der Waals surface area contributed by atoms with E-state index >= 15 is 0 Å². The Bertz CT molecular complexity index is 671. The number of carboxylic acids is 1. The molecule has 2 rings (SSSR count). The zero-order valence-electron chi connectivity index (χ0n) is 11.2. The molecule has 0 spiro atoms. The van der Waals surface area contributed by atoms with Crippen LogP contribution in [0.1, 0.15) is 21.5 Å². The van der Waals surface area contributed by atoms with Crippen molar-refractivity contribution in [3.8, 4) is 0 Å². The maximum absolute atomic E-state index is 12.4. The topological polar surface area (TPSA) is 80.4 Å². The summed E-state index contributed by atoms with van der Waals surface area (Å²) in [4.78, 5) is 23.1. The van der Waals surface area contributed by atoms with Gasteiger partial charge >= 0.3 is 5.97 Å². The Morgan fingerprint density at radius 3 is 2.29 bits per heavy atom. The van der Waals surface area contributed by atoms with Gasteiger partial charge in [-0.15, -0.1) is 0 Å². The number of para-hydroxylation sites is 1. The van der Waals surface area contributed by atoms with Crippen LogP contribution in [0.3, 0.4) is 0 Å². The first-order valence-electron chi connectivity index (χ1n) is 5.88. The fraction of sp³-hybridized carbons (Fsp3) is 0.0667. The fourth-order valence-electron chi connectivity index (χ4n) is 1.88. The predicted octanol–water partition coefficient (Wildman–Crippen LogP) is 2.89. The minimum Gasteiger partial charge on any atom is -0.481 e. The molecule has 0 aliphatic heterocycles. The predicted molar refractivity (Wildman–Crippen MR) is 79.8 cm³/mol. The van der Waals surface area contributed by atoms with Crippen molar-refractivity contribution in [2.24, 2.45) is 0 Å². The summed E-state index contributed by atoms with van der Waals surface area (Å²) in [6.07, 6.45) is -0.201. The Morgan fingerprint density at radius 1 is 1.10 bits per heavy atom. The minimum absolute atomic E-state index is 0. The molecule has 0 bridgehead atoms. The van der Waals surface area contributed by atoms with Crippen molar-refractivity contribution in [3.05, 3.63) is 63.6 Å². The van der Waals surface area contributed by atoms with Crippen LogP contribution in [0.15, 0.2) is 46.9 Å². The maximum atomic E-state index is 12.4. The second kappa shape index (κ2) is 7.48. The summed E-state index contributed by atoms with van der Waals surface area (Å²) < 4.78 is 0.877. The molecule has 0 aliphatic carbocycles. The van der Waals surface area contributed by atoms with Crippen LogP contribution in [0.5, 0.6) is 0 Å². The summed E-state index contributed by atoms with van der Waals surface area (Å²) in [6, 6.07) is 11.8. The van der Waals surface area contributed by atoms with Gasteiger partial charge < -0.3 is 10.8 Å². The third kappa shape index (κ3) is 4.22. The number of nitrogens with two attached hydrogens (primary N) is 1. The van der Waals surface area contributed by atoms with Crippen LogP contribution in [-0.2, 0) is 30.7 Å². The van der Waals surface area contributed by atoms with E-state index in [9.17, 15) is 9.59 Å². The first-order valence-corrected chi connectivity index (χ1v) is 6.68. The number of nitrogen functional groups attached to an aromatic ring is 1. The van der Waals surface area contributed by atoms with Gasteiger partial charge in [-0.3, -0.25) is 9.59 Å². The molecule has 2 aromatic rings. The molecular formula is C15H12BrNO3Zn. The quantitative estimate of drug-likeness (QED) is 0.471. The fourth-order valence-corrected chi connectivity index (χ4v) is 2.15. The number of halogens is 1. The smallest absolute Gasteiger partial charge is 0.307 e. The Morgan fingerprint density at radius 2 is 1.71 bits per heavy atom. The molecule has 0 radical (unpaired) electrons. The summed E-state index contributed by atoms with van der Waals surface area (Å²) in [7, 11) is 0. The van der Waals surface area contributed by atoms with E-state index in [1.807, 2.05) is 0 Å². The van der Waals surface area contributed by atoms with Crippen LogP contribution in [0.25, 0.3) is 0 Å². The molecule has 0 heterocycles. The molecule has 104 valence electrons. The van der Waals surface area contributed by atoms with E-state index < -0.39 is 5.97 Å². The average Bonchev–Trinajstić information content (AvgIpc) is 2.41. The van der Waals surface area contributed by atoms with Crippen LogP contribution in [0, 0.1) is 0 Å². The van der Waals surface area contributed by atoms with Crippen molar-refractivity contribution in [1.29, 1.82) is 0 Å². The number of benzene rings is 2. The third-order valence-electron chi connectivity index (χ3n) is 2.89. The van der Waals surface area contributed by atoms with Gasteiger partial charge in [0.15, 0.2) is 5.78 Å². The van der Waals surface area contributed by atoms with Crippen LogP contribution in [0.4, 0.5) is 5.69 Å². The number of hydrogen-bond donors (Lipinski definition) is 2. The molecule has 0 aromatic heterocycles. The Hall–Kier alpha value is -1.52. The van der Waals surface area contributed by atoms with Gasteiger partial charge in [0.05, 0.1) is 6.42 Å². The monoisotopic (exact) mass is 397 g/mol. The second-order valence-corrected chi connectivity index (χ2v) is 5.20. The molecule has 0 atom stereocenters. The summed E-state index contributed by atoms with van der Waals surface area (Å²) in [5, 5.41) is 8.82. The van der Waals surface area contributed by atoms with Gasteiger partial charge in [-0.25, -0.2) is 0 Å².